The van der Waals surface area contributed by atoms with Crippen molar-refractivity contribution in [3.63, 3.8) is 0 Å². The number of carbonyl (C=O) groups excluding carboxylic acids is 2. The zero-order chi connectivity index (χ0) is 14.3. The highest BCUT2D eigenvalue weighted by molar-refractivity contribution is 5.85. The topological polar surface area (TPSA) is 102 Å². The summed E-state index contributed by atoms with van der Waals surface area (Å²) in [5, 5.41) is 11.5. The van der Waals surface area contributed by atoms with Crippen molar-refractivity contribution >= 4 is 17.8 Å². The first-order valence-electron chi connectivity index (χ1n) is 6.22. The molecule has 0 radical (unpaired) electrons. The molecule has 1 aliphatic heterocycles. The molecule has 1 aliphatic rings. The fourth-order valence-corrected chi connectivity index (χ4v) is 1.87. The molecule has 19 heavy (non-hydrogen) atoms. The molecule has 1 fully saturated rings. The smallest absolute Gasteiger partial charge is 0.326 e. The molecule has 108 valence electrons. The predicted molar refractivity (Wildman–Crippen MR) is 64.4 cm³/mol. The molecular formula is C12H19NO6. The Morgan fingerprint density at radius 3 is 2.53 bits per heavy atom. The van der Waals surface area contributed by atoms with Gasteiger partial charge in [-0.15, -0.1) is 0 Å². The van der Waals surface area contributed by atoms with Gasteiger partial charge in [0.15, 0.2) is 0 Å². The first kappa shape index (κ1) is 15.4. The van der Waals surface area contributed by atoms with E-state index in [9.17, 15) is 14.4 Å². The number of carbonyl (C=O) groups is 3. The second-order valence-corrected chi connectivity index (χ2v) is 4.40. The normalized spacial score (nSPS) is 17.5. The summed E-state index contributed by atoms with van der Waals surface area (Å²) in [6.45, 7) is 1.02. The van der Waals surface area contributed by atoms with Gasteiger partial charge in [-0.2, -0.15) is 0 Å². The average molecular weight is 273 g/mol. The second-order valence-electron chi connectivity index (χ2n) is 4.40. The number of esters is 1. The van der Waals surface area contributed by atoms with Crippen LogP contribution in [0.1, 0.15) is 25.7 Å². The van der Waals surface area contributed by atoms with Gasteiger partial charge in [0, 0.05) is 25.6 Å². The summed E-state index contributed by atoms with van der Waals surface area (Å²) in [5.74, 6) is -2.15. The van der Waals surface area contributed by atoms with E-state index in [4.69, 9.17) is 9.84 Å². The minimum atomic E-state index is -1.15. The lowest BCUT2D eigenvalue weighted by atomic mass is 9.98. The summed E-state index contributed by atoms with van der Waals surface area (Å²) in [7, 11) is 1.23. The van der Waals surface area contributed by atoms with E-state index in [1.165, 1.54) is 7.11 Å². The Hall–Kier alpha value is -1.63. The third kappa shape index (κ3) is 5.25. The van der Waals surface area contributed by atoms with Crippen LogP contribution in [-0.4, -0.2) is 49.3 Å². The predicted octanol–water partition coefficient (Wildman–Crippen LogP) is -0.0644. The molecule has 0 aromatic rings. The second kappa shape index (κ2) is 7.73. The van der Waals surface area contributed by atoms with Gasteiger partial charge in [-0.3, -0.25) is 9.59 Å². The van der Waals surface area contributed by atoms with E-state index in [0.717, 1.165) is 0 Å². The number of rotatable bonds is 6. The molecule has 0 aromatic carbocycles. The van der Waals surface area contributed by atoms with Gasteiger partial charge in [-0.1, -0.05) is 0 Å². The summed E-state index contributed by atoms with van der Waals surface area (Å²) >= 11 is 0. The van der Waals surface area contributed by atoms with E-state index >= 15 is 0 Å². The molecule has 1 heterocycles. The van der Waals surface area contributed by atoms with Gasteiger partial charge < -0.3 is 19.9 Å². The van der Waals surface area contributed by atoms with E-state index in [-0.39, 0.29) is 24.7 Å². The van der Waals surface area contributed by atoms with Crippen molar-refractivity contribution < 1.29 is 29.0 Å². The van der Waals surface area contributed by atoms with Gasteiger partial charge >= 0.3 is 11.9 Å². The third-order valence-corrected chi connectivity index (χ3v) is 3.07. The van der Waals surface area contributed by atoms with Gasteiger partial charge in [0.05, 0.1) is 7.11 Å². The van der Waals surface area contributed by atoms with E-state index < -0.39 is 18.0 Å². The van der Waals surface area contributed by atoms with Crippen molar-refractivity contribution in [3.8, 4) is 0 Å². The number of carboxylic acids is 1. The van der Waals surface area contributed by atoms with Gasteiger partial charge in [-0.05, 0) is 19.3 Å². The molecule has 1 rings (SSSR count). The van der Waals surface area contributed by atoms with Gasteiger partial charge in [0.25, 0.3) is 0 Å². The number of aliphatic carboxylic acids is 1. The average Bonchev–Trinajstić information content (AvgIpc) is 2.43. The van der Waals surface area contributed by atoms with Crippen molar-refractivity contribution in [2.45, 2.75) is 31.7 Å². The molecule has 1 atom stereocenters. The van der Waals surface area contributed by atoms with Crippen LogP contribution in [0, 0.1) is 5.92 Å². The molecular weight excluding hydrogens is 254 g/mol. The van der Waals surface area contributed by atoms with Crippen LogP contribution in [0.15, 0.2) is 0 Å². The molecule has 1 amide bonds. The van der Waals surface area contributed by atoms with Crippen LogP contribution >= 0.6 is 0 Å². The number of methoxy groups -OCH3 is 1. The van der Waals surface area contributed by atoms with E-state index in [2.05, 4.69) is 10.1 Å². The molecule has 0 bridgehead atoms. The largest absolute Gasteiger partial charge is 0.480 e. The van der Waals surface area contributed by atoms with Crippen LogP contribution in [0.3, 0.4) is 0 Å². The lowest BCUT2D eigenvalue weighted by Crippen LogP contribution is -2.45. The zero-order valence-corrected chi connectivity index (χ0v) is 10.9. The summed E-state index contributed by atoms with van der Waals surface area (Å²) in [5.41, 5.74) is 0. The fourth-order valence-electron chi connectivity index (χ4n) is 1.87. The summed E-state index contributed by atoms with van der Waals surface area (Å²) in [6.07, 6.45) is 1.17. The molecule has 7 heteroatoms. The van der Waals surface area contributed by atoms with Crippen LogP contribution in [0.4, 0.5) is 0 Å². The number of nitrogens with one attached hydrogen (secondary N) is 1. The number of hydrogen-bond acceptors (Lipinski definition) is 5. The number of carboxylic acid groups (broad SMARTS) is 1. The monoisotopic (exact) mass is 273 g/mol. The van der Waals surface area contributed by atoms with Crippen molar-refractivity contribution in [3.05, 3.63) is 0 Å². The van der Waals surface area contributed by atoms with Crippen molar-refractivity contribution in [1.29, 1.82) is 0 Å². The maximum atomic E-state index is 11.9. The standard InChI is InChI=1S/C12H19NO6/c1-18-10(14)3-2-9(12(16)17)13-11(15)8-4-6-19-7-5-8/h8-9H,2-7H2,1H3,(H,13,15)(H,16,17)/t9-/m1/s1. The van der Waals surface area contributed by atoms with E-state index in [1.54, 1.807) is 0 Å². The minimum Gasteiger partial charge on any atom is -0.480 e. The lowest BCUT2D eigenvalue weighted by molar-refractivity contribution is -0.145. The van der Waals surface area contributed by atoms with Crippen LogP contribution in [0.25, 0.3) is 0 Å². The molecule has 0 aromatic heterocycles. The van der Waals surface area contributed by atoms with Crippen molar-refractivity contribution in [2.24, 2.45) is 5.92 Å². The van der Waals surface area contributed by atoms with E-state index in [0.29, 0.717) is 26.1 Å². The van der Waals surface area contributed by atoms with Crippen LogP contribution in [-0.2, 0) is 23.9 Å². The Kier molecular flexibility index (Phi) is 6.27. The summed E-state index contributed by atoms with van der Waals surface area (Å²) in [6, 6.07) is -1.06. The minimum absolute atomic E-state index is 0.0248. The Labute approximate surface area is 111 Å². The van der Waals surface area contributed by atoms with Crippen LogP contribution in [0.2, 0.25) is 0 Å². The van der Waals surface area contributed by atoms with Crippen molar-refractivity contribution in [2.75, 3.05) is 20.3 Å². The highest BCUT2D eigenvalue weighted by atomic mass is 16.5. The number of hydrogen-bond donors (Lipinski definition) is 2. The van der Waals surface area contributed by atoms with E-state index in [1.807, 2.05) is 0 Å². The Morgan fingerprint density at radius 1 is 1.37 bits per heavy atom. The maximum Gasteiger partial charge on any atom is 0.326 e. The summed E-state index contributed by atoms with van der Waals surface area (Å²) in [4.78, 5) is 33.9. The highest BCUT2D eigenvalue weighted by Crippen LogP contribution is 2.15. The Bertz CT molecular complexity index is 337. The van der Waals surface area contributed by atoms with Gasteiger partial charge in [0.1, 0.15) is 6.04 Å². The first-order chi connectivity index (χ1) is 9.04. The molecule has 1 saturated heterocycles. The molecule has 0 unspecified atom stereocenters. The fraction of sp³-hybridized carbons (Fsp3) is 0.750. The highest BCUT2D eigenvalue weighted by Gasteiger charge is 2.27. The van der Waals surface area contributed by atoms with Crippen molar-refractivity contribution in [1.82, 2.24) is 5.32 Å². The molecule has 0 spiro atoms. The van der Waals surface area contributed by atoms with Gasteiger partial charge in [-0.25, -0.2) is 4.79 Å². The van der Waals surface area contributed by atoms with Gasteiger partial charge in [0.2, 0.25) is 5.91 Å². The zero-order valence-electron chi connectivity index (χ0n) is 10.9. The molecule has 7 nitrogen and oxygen atoms in total. The molecule has 0 aliphatic carbocycles. The number of amides is 1. The Morgan fingerprint density at radius 2 is 2.00 bits per heavy atom. The maximum absolute atomic E-state index is 11.9. The van der Waals surface area contributed by atoms with Crippen LogP contribution in [0.5, 0.6) is 0 Å². The molecule has 2 N–H and O–H groups in total. The van der Waals surface area contributed by atoms with Crippen LogP contribution < -0.4 is 5.32 Å². The summed E-state index contributed by atoms with van der Waals surface area (Å²) < 4.78 is 9.58. The first-order valence-corrected chi connectivity index (χ1v) is 6.22. The lowest BCUT2D eigenvalue weighted by Gasteiger charge is -2.23. The third-order valence-electron chi connectivity index (χ3n) is 3.07. The number of ether oxygens (including phenoxy) is 2. The Balaban J connectivity index is 2.45. The SMILES string of the molecule is COC(=O)CC[C@@H](NC(=O)C1CCOCC1)C(=O)O. The molecule has 0 saturated carbocycles. The quantitative estimate of drug-likeness (QED) is 0.657.